The van der Waals surface area contributed by atoms with E-state index in [9.17, 15) is 0 Å². The molecule has 1 aliphatic rings. The summed E-state index contributed by atoms with van der Waals surface area (Å²) in [6.07, 6.45) is 3.14. The number of benzene rings is 1. The molecule has 0 bridgehead atoms. The SMILES string of the molecule is NC1=NC(N)(c2cc(Cl)c(-c3ccnnc3)c(Cl)c2)NN1. The molecule has 1 unspecified atom stereocenters. The normalized spacial score (nSPS) is 21.0. The van der Waals surface area contributed by atoms with Crippen molar-refractivity contribution in [2.45, 2.75) is 5.79 Å². The average Bonchev–Trinajstić information content (AvgIpc) is 2.80. The molecule has 1 atom stereocenters. The van der Waals surface area contributed by atoms with E-state index >= 15 is 0 Å². The van der Waals surface area contributed by atoms with Crippen LogP contribution in [0.2, 0.25) is 10.0 Å². The molecule has 0 fully saturated rings. The Kier molecular flexibility index (Phi) is 3.42. The highest BCUT2D eigenvalue weighted by molar-refractivity contribution is 6.39. The first kappa shape index (κ1) is 14.0. The van der Waals surface area contributed by atoms with E-state index in [-0.39, 0.29) is 5.96 Å². The summed E-state index contributed by atoms with van der Waals surface area (Å²) in [5, 5.41) is 8.40. The topological polar surface area (TPSA) is 114 Å². The van der Waals surface area contributed by atoms with Gasteiger partial charge in [-0.15, -0.1) is 0 Å². The zero-order valence-electron chi connectivity index (χ0n) is 10.6. The summed E-state index contributed by atoms with van der Waals surface area (Å²) in [6.45, 7) is 0. The molecule has 2 aromatic rings. The highest BCUT2D eigenvalue weighted by atomic mass is 35.5. The molecule has 9 heteroatoms. The Hall–Kier alpha value is -1.93. The Morgan fingerprint density at radius 3 is 2.38 bits per heavy atom. The molecule has 6 N–H and O–H groups in total. The molecule has 3 rings (SSSR count). The van der Waals surface area contributed by atoms with Gasteiger partial charge in [-0.05, 0) is 18.2 Å². The van der Waals surface area contributed by atoms with E-state index < -0.39 is 5.79 Å². The minimum Gasteiger partial charge on any atom is -0.369 e. The standard InChI is InChI=1S/C12H11Cl2N7/c13-8-3-7(12(16)19-11(15)20-21-12)4-9(14)10(8)6-1-2-17-18-5-6/h1-5,21H,16H2,(H3,15,19,20). The van der Waals surface area contributed by atoms with Crippen molar-refractivity contribution in [2.24, 2.45) is 16.5 Å². The molecule has 0 aliphatic carbocycles. The van der Waals surface area contributed by atoms with Crippen molar-refractivity contribution in [3.8, 4) is 11.1 Å². The van der Waals surface area contributed by atoms with E-state index in [2.05, 4.69) is 26.0 Å². The van der Waals surface area contributed by atoms with Gasteiger partial charge in [0.2, 0.25) is 11.7 Å². The molecule has 0 spiro atoms. The molecule has 0 radical (unpaired) electrons. The van der Waals surface area contributed by atoms with Gasteiger partial charge in [0.05, 0.1) is 22.4 Å². The van der Waals surface area contributed by atoms with Crippen molar-refractivity contribution in [1.82, 2.24) is 21.0 Å². The van der Waals surface area contributed by atoms with Crippen LogP contribution in [-0.2, 0) is 5.79 Å². The summed E-state index contributed by atoms with van der Waals surface area (Å²) in [6, 6.07) is 5.13. The van der Waals surface area contributed by atoms with Gasteiger partial charge in [-0.25, -0.2) is 4.99 Å². The first-order chi connectivity index (χ1) is 9.99. The molecule has 1 aliphatic heterocycles. The van der Waals surface area contributed by atoms with E-state index in [4.69, 9.17) is 34.7 Å². The second-order valence-electron chi connectivity index (χ2n) is 4.46. The summed E-state index contributed by atoms with van der Waals surface area (Å²) >= 11 is 12.7. The Morgan fingerprint density at radius 1 is 1.14 bits per heavy atom. The van der Waals surface area contributed by atoms with Crippen LogP contribution in [0.4, 0.5) is 0 Å². The number of nitrogens with one attached hydrogen (secondary N) is 2. The van der Waals surface area contributed by atoms with Crippen LogP contribution in [-0.4, -0.2) is 16.2 Å². The lowest BCUT2D eigenvalue weighted by atomic mass is 10.0. The third kappa shape index (κ3) is 2.52. The van der Waals surface area contributed by atoms with Crippen molar-refractivity contribution in [3.63, 3.8) is 0 Å². The summed E-state index contributed by atoms with van der Waals surface area (Å²) in [7, 11) is 0. The zero-order chi connectivity index (χ0) is 15.0. The number of nitrogens with zero attached hydrogens (tertiary/aromatic N) is 3. The van der Waals surface area contributed by atoms with Crippen molar-refractivity contribution >= 4 is 29.2 Å². The number of aliphatic imine (C=N–C) groups is 1. The smallest absolute Gasteiger partial charge is 0.209 e. The molecule has 1 aromatic heterocycles. The molecule has 0 saturated carbocycles. The number of guanidine groups is 1. The molecule has 7 nitrogen and oxygen atoms in total. The number of aromatic nitrogens is 2. The Balaban J connectivity index is 2.09. The summed E-state index contributed by atoms with van der Waals surface area (Å²) < 4.78 is 0. The minimum atomic E-state index is -1.22. The number of nitrogens with two attached hydrogens (primary N) is 2. The number of hydrazine groups is 1. The molecule has 0 saturated heterocycles. The number of halogens is 2. The van der Waals surface area contributed by atoms with Crippen LogP contribution in [0.25, 0.3) is 11.1 Å². The second-order valence-corrected chi connectivity index (χ2v) is 5.27. The monoisotopic (exact) mass is 323 g/mol. The van der Waals surface area contributed by atoms with Crippen molar-refractivity contribution < 1.29 is 0 Å². The fraction of sp³-hybridized carbons (Fsp3) is 0.0833. The first-order valence-electron chi connectivity index (χ1n) is 5.93. The largest absolute Gasteiger partial charge is 0.369 e. The molecular weight excluding hydrogens is 313 g/mol. The average molecular weight is 324 g/mol. The van der Waals surface area contributed by atoms with Gasteiger partial charge in [-0.3, -0.25) is 11.2 Å². The lowest BCUT2D eigenvalue weighted by molar-refractivity contribution is 0.375. The van der Waals surface area contributed by atoms with Crippen LogP contribution in [0.5, 0.6) is 0 Å². The molecule has 1 aromatic carbocycles. The fourth-order valence-corrected chi connectivity index (χ4v) is 2.75. The van der Waals surface area contributed by atoms with E-state index in [1.807, 2.05) is 0 Å². The Labute approximate surface area is 130 Å². The quantitative estimate of drug-likeness (QED) is 0.654. The van der Waals surface area contributed by atoms with Crippen molar-refractivity contribution in [1.29, 1.82) is 0 Å². The van der Waals surface area contributed by atoms with Gasteiger partial charge in [0.1, 0.15) is 0 Å². The fourth-order valence-electron chi connectivity index (χ4n) is 2.05. The van der Waals surface area contributed by atoms with Crippen LogP contribution in [0.1, 0.15) is 5.56 Å². The molecule has 21 heavy (non-hydrogen) atoms. The lowest BCUT2D eigenvalue weighted by Crippen LogP contribution is -2.50. The van der Waals surface area contributed by atoms with Gasteiger partial charge in [-0.1, -0.05) is 23.2 Å². The van der Waals surface area contributed by atoms with Crippen molar-refractivity contribution in [3.05, 3.63) is 46.2 Å². The van der Waals surface area contributed by atoms with E-state index in [1.54, 1.807) is 30.6 Å². The van der Waals surface area contributed by atoms with E-state index in [1.165, 1.54) is 0 Å². The lowest BCUT2D eigenvalue weighted by Gasteiger charge is -2.22. The third-order valence-electron chi connectivity index (χ3n) is 3.03. The molecule has 2 heterocycles. The molecular formula is C12H11Cl2N7. The third-order valence-corrected chi connectivity index (χ3v) is 3.63. The Bertz CT molecular complexity index is 696. The van der Waals surface area contributed by atoms with Gasteiger partial charge in [0.15, 0.2) is 0 Å². The van der Waals surface area contributed by atoms with Crippen LogP contribution in [0.3, 0.4) is 0 Å². The number of hydrogen-bond acceptors (Lipinski definition) is 7. The van der Waals surface area contributed by atoms with E-state index in [0.717, 1.165) is 5.56 Å². The predicted octanol–water partition coefficient (Wildman–Crippen LogP) is 0.942. The summed E-state index contributed by atoms with van der Waals surface area (Å²) in [4.78, 5) is 4.09. The zero-order valence-corrected chi connectivity index (χ0v) is 12.2. The highest BCUT2D eigenvalue weighted by Gasteiger charge is 2.32. The van der Waals surface area contributed by atoms with Gasteiger partial charge in [-0.2, -0.15) is 15.6 Å². The van der Waals surface area contributed by atoms with Gasteiger partial charge >= 0.3 is 0 Å². The van der Waals surface area contributed by atoms with Crippen LogP contribution >= 0.6 is 23.2 Å². The van der Waals surface area contributed by atoms with Gasteiger partial charge < -0.3 is 5.73 Å². The summed E-state index contributed by atoms with van der Waals surface area (Å²) in [5.74, 6) is -1.03. The minimum absolute atomic E-state index is 0.187. The van der Waals surface area contributed by atoms with Crippen LogP contribution in [0.15, 0.2) is 35.6 Å². The Morgan fingerprint density at radius 2 is 1.86 bits per heavy atom. The molecule has 0 amide bonds. The second kappa shape index (κ2) is 5.12. The van der Waals surface area contributed by atoms with Crippen molar-refractivity contribution in [2.75, 3.05) is 0 Å². The maximum Gasteiger partial charge on any atom is 0.209 e. The van der Waals surface area contributed by atoms with E-state index in [0.29, 0.717) is 21.2 Å². The van der Waals surface area contributed by atoms with Crippen LogP contribution < -0.4 is 22.3 Å². The maximum absolute atomic E-state index is 6.33. The predicted molar refractivity (Wildman–Crippen MR) is 81.2 cm³/mol. The molecule has 108 valence electrons. The first-order valence-corrected chi connectivity index (χ1v) is 6.69. The number of hydrogen-bond donors (Lipinski definition) is 4. The van der Waals surface area contributed by atoms with Gasteiger partial charge in [0, 0.05) is 16.7 Å². The summed E-state index contributed by atoms with van der Waals surface area (Å²) in [5.41, 5.74) is 19.1. The van der Waals surface area contributed by atoms with Crippen LogP contribution in [0, 0.1) is 0 Å². The van der Waals surface area contributed by atoms with Gasteiger partial charge in [0.25, 0.3) is 0 Å². The highest BCUT2D eigenvalue weighted by Crippen LogP contribution is 2.37. The number of rotatable bonds is 2. The maximum atomic E-state index is 6.33.